The minimum absolute atomic E-state index is 0.0600. The van der Waals surface area contributed by atoms with E-state index in [1.165, 1.54) is 5.56 Å². The molecule has 0 aliphatic rings. The molecule has 0 fully saturated rings. The third-order valence-corrected chi connectivity index (χ3v) is 4.26. The number of carbonyl (C=O) groups excluding carboxylic acids is 2. The van der Waals surface area contributed by atoms with Crippen molar-refractivity contribution in [2.45, 2.75) is 46.1 Å². The van der Waals surface area contributed by atoms with Gasteiger partial charge in [0, 0.05) is 11.3 Å². The molecule has 0 spiro atoms. The van der Waals surface area contributed by atoms with Gasteiger partial charge in [0.15, 0.2) is 6.10 Å². The van der Waals surface area contributed by atoms with Crippen LogP contribution in [0.4, 0.5) is 5.69 Å². The summed E-state index contributed by atoms with van der Waals surface area (Å²) < 4.78 is 5.73. The summed E-state index contributed by atoms with van der Waals surface area (Å²) in [6.45, 7) is 9.84. The number of ether oxygens (including phenoxy) is 1. The Hall–Kier alpha value is -2.82. The normalized spacial score (nSPS) is 12.3. The summed E-state index contributed by atoms with van der Waals surface area (Å²) >= 11 is 0. The van der Waals surface area contributed by atoms with Crippen LogP contribution in [0.1, 0.15) is 49.2 Å². The van der Waals surface area contributed by atoms with E-state index in [4.69, 9.17) is 10.5 Å². The van der Waals surface area contributed by atoms with Gasteiger partial charge in [-0.3, -0.25) is 9.59 Å². The van der Waals surface area contributed by atoms with Gasteiger partial charge >= 0.3 is 0 Å². The van der Waals surface area contributed by atoms with Crippen molar-refractivity contribution in [2.24, 2.45) is 5.73 Å². The fourth-order valence-corrected chi connectivity index (χ4v) is 2.56. The second kappa shape index (κ2) is 7.60. The number of amides is 2. The zero-order valence-corrected chi connectivity index (χ0v) is 15.9. The molecule has 2 aromatic carbocycles. The van der Waals surface area contributed by atoms with Gasteiger partial charge in [-0.15, -0.1) is 0 Å². The molecule has 1 atom stereocenters. The highest BCUT2D eigenvalue weighted by molar-refractivity contribution is 5.99. The van der Waals surface area contributed by atoms with Crippen molar-refractivity contribution in [3.63, 3.8) is 0 Å². The molecule has 138 valence electrons. The number of hydrogen-bond acceptors (Lipinski definition) is 3. The number of nitrogens with one attached hydrogen (secondary N) is 1. The van der Waals surface area contributed by atoms with Gasteiger partial charge in [0.1, 0.15) is 5.75 Å². The number of nitrogens with two attached hydrogens (primary N) is 1. The summed E-state index contributed by atoms with van der Waals surface area (Å²) in [5.41, 5.74) is 8.16. The van der Waals surface area contributed by atoms with E-state index in [1.807, 2.05) is 24.3 Å². The maximum atomic E-state index is 12.4. The van der Waals surface area contributed by atoms with E-state index in [-0.39, 0.29) is 11.3 Å². The topological polar surface area (TPSA) is 81.4 Å². The lowest BCUT2D eigenvalue weighted by Gasteiger charge is -2.20. The highest BCUT2D eigenvalue weighted by atomic mass is 16.5. The predicted octanol–water partition coefficient (Wildman–Crippen LogP) is 3.80. The second-order valence-corrected chi connectivity index (χ2v) is 7.37. The molecule has 2 amide bonds. The van der Waals surface area contributed by atoms with Crippen molar-refractivity contribution < 1.29 is 14.3 Å². The van der Waals surface area contributed by atoms with Gasteiger partial charge in [-0.2, -0.15) is 0 Å². The van der Waals surface area contributed by atoms with E-state index in [2.05, 4.69) is 26.1 Å². The van der Waals surface area contributed by atoms with Crippen LogP contribution in [0.3, 0.4) is 0 Å². The first-order chi connectivity index (χ1) is 12.1. The standard InChI is InChI=1S/C21H26N2O3/c1-13-17(19(22)24)7-6-8-18(13)23-20(25)14(2)26-16-11-9-15(10-12-16)21(3,4)5/h6-12,14H,1-5H3,(H2,22,24)(H,23,25). The van der Waals surface area contributed by atoms with E-state index in [9.17, 15) is 9.59 Å². The maximum absolute atomic E-state index is 12.4. The lowest BCUT2D eigenvalue weighted by molar-refractivity contribution is -0.122. The zero-order chi connectivity index (χ0) is 19.5. The van der Waals surface area contributed by atoms with Crippen molar-refractivity contribution in [3.8, 4) is 5.75 Å². The summed E-state index contributed by atoms with van der Waals surface area (Å²) in [4.78, 5) is 23.8. The molecule has 3 N–H and O–H groups in total. The molecule has 0 aliphatic heterocycles. The van der Waals surface area contributed by atoms with Gasteiger partial charge in [0.05, 0.1) is 0 Å². The highest BCUT2D eigenvalue weighted by Gasteiger charge is 2.18. The molecule has 5 heteroatoms. The van der Waals surface area contributed by atoms with Gasteiger partial charge in [0.25, 0.3) is 5.91 Å². The zero-order valence-electron chi connectivity index (χ0n) is 15.9. The molecule has 2 aromatic rings. The minimum atomic E-state index is -0.688. The van der Waals surface area contributed by atoms with Gasteiger partial charge < -0.3 is 15.8 Å². The summed E-state index contributed by atoms with van der Waals surface area (Å²) in [6, 6.07) is 12.8. The molecule has 5 nitrogen and oxygen atoms in total. The van der Waals surface area contributed by atoms with Gasteiger partial charge in [-0.1, -0.05) is 39.0 Å². The molecule has 1 unspecified atom stereocenters. The van der Waals surface area contributed by atoms with Crippen LogP contribution >= 0.6 is 0 Å². The van der Waals surface area contributed by atoms with Crippen LogP contribution in [-0.4, -0.2) is 17.9 Å². The Morgan fingerprint density at radius 2 is 1.69 bits per heavy atom. The summed E-state index contributed by atoms with van der Waals surface area (Å²) in [5, 5.41) is 2.79. The van der Waals surface area contributed by atoms with Crippen molar-refractivity contribution in [1.29, 1.82) is 0 Å². The van der Waals surface area contributed by atoms with Gasteiger partial charge in [0.2, 0.25) is 5.91 Å². The quantitative estimate of drug-likeness (QED) is 0.857. The van der Waals surface area contributed by atoms with Gasteiger partial charge in [-0.25, -0.2) is 0 Å². The van der Waals surface area contributed by atoms with Crippen molar-refractivity contribution in [3.05, 3.63) is 59.2 Å². The smallest absolute Gasteiger partial charge is 0.265 e. The summed E-state index contributed by atoms with van der Waals surface area (Å²) in [6.07, 6.45) is -0.688. The lowest BCUT2D eigenvalue weighted by Crippen LogP contribution is -2.30. The number of primary amides is 1. The Balaban J connectivity index is 2.06. The number of benzene rings is 2. The predicted molar refractivity (Wildman–Crippen MR) is 104 cm³/mol. The SMILES string of the molecule is Cc1c(NC(=O)C(C)Oc2ccc(C(C)(C)C)cc2)cccc1C(N)=O. The van der Waals surface area contributed by atoms with E-state index in [0.717, 1.165) is 0 Å². The fourth-order valence-electron chi connectivity index (χ4n) is 2.56. The van der Waals surface area contributed by atoms with E-state index in [1.54, 1.807) is 32.0 Å². The molecule has 0 aliphatic carbocycles. The molecule has 0 heterocycles. The summed E-state index contributed by atoms with van der Waals surface area (Å²) in [7, 11) is 0. The Kier molecular flexibility index (Phi) is 5.70. The van der Waals surface area contributed by atoms with Crippen LogP contribution in [0.2, 0.25) is 0 Å². The van der Waals surface area contributed by atoms with Crippen LogP contribution < -0.4 is 15.8 Å². The van der Waals surface area contributed by atoms with E-state index < -0.39 is 12.0 Å². The molecular weight excluding hydrogens is 328 g/mol. The Morgan fingerprint density at radius 3 is 2.23 bits per heavy atom. The van der Waals surface area contributed by atoms with Gasteiger partial charge in [-0.05, 0) is 54.7 Å². The van der Waals surface area contributed by atoms with Crippen LogP contribution in [0.15, 0.2) is 42.5 Å². The first-order valence-electron chi connectivity index (χ1n) is 8.57. The first kappa shape index (κ1) is 19.5. The average molecular weight is 354 g/mol. The summed E-state index contributed by atoms with van der Waals surface area (Å²) in [5.74, 6) is -0.195. The van der Waals surface area contributed by atoms with Crippen LogP contribution in [-0.2, 0) is 10.2 Å². The second-order valence-electron chi connectivity index (χ2n) is 7.37. The molecule has 0 saturated heterocycles. The Bertz CT molecular complexity index is 805. The average Bonchev–Trinajstić information content (AvgIpc) is 2.56. The van der Waals surface area contributed by atoms with Crippen molar-refractivity contribution >= 4 is 17.5 Å². The molecule has 0 saturated carbocycles. The van der Waals surface area contributed by atoms with Crippen molar-refractivity contribution in [1.82, 2.24) is 0 Å². The fraction of sp³-hybridized carbons (Fsp3) is 0.333. The lowest BCUT2D eigenvalue weighted by atomic mass is 9.87. The molecule has 0 bridgehead atoms. The van der Waals surface area contributed by atoms with E-state index in [0.29, 0.717) is 22.6 Å². The van der Waals surface area contributed by atoms with Crippen molar-refractivity contribution in [2.75, 3.05) is 5.32 Å². The monoisotopic (exact) mass is 354 g/mol. The molecular formula is C21H26N2O3. The third kappa shape index (κ3) is 4.63. The third-order valence-electron chi connectivity index (χ3n) is 4.26. The molecule has 26 heavy (non-hydrogen) atoms. The minimum Gasteiger partial charge on any atom is -0.481 e. The van der Waals surface area contributed by atoms with E-state index >= 15 is 0 Å². The highest BCUT2D eigenvalue weighted by Crippen LogP contribution is 2.25. The Morgan fingerprint density at radius 1 is 1.08 bits per heavy atom. The first-order valence-corrected chi connectivity index (χ1v) is 8.57. The largest absolute Gasteiger partial charge is 0.481 e. The maximum Gasteiger partial charge on any atom is 0.265 e. The number of carbonyl (C=O) groups is 2. The number of anilines is 1. The van der Waals surface area contributed by atoms with Crippen LogP contribution in [0.5, 0.6) is 5.75 Å². The molecule has 2 rings (SSSR count). The molecule has 0 radical (unpaired) electrons. The van der Waals surface area contributed by atoms with Crippen LogP contribution in [0, 0.1) is 6.92 Å². The number of hydrogen-bond donors (Lipinski definition) is 2. The molecule has 0 aromatic heterocycles. The number of rotatable bonds is 5. The Labute approximate surface area is 154 Å². The van der Waals surface area contributed by atoms with Crippen LogP contribution in [0.25, 0.3) is 0 Å².